The molecule has 1 spiro atoms. The lowest BCUT2D eigenvalue weighted by Crippen LogP contribution is -2.39. The van der Waals surface area contributed by atoms with E-state index in [0.29, 0.717) is 6.42 Å². The van der Waals surface area contributed by atoms with Crippen LogP contribution in [0.25, 0.3) is 0 Å². The summed E-state index contributed by atoms with van der Waals surface area (Å²) in [7, 11) is 0. The van der Waals surface area contributed by atoms with Crippen molar-refractivity contribution < 1.29 is 9.90 Å². The fourth-order valence-electron chi connectivity index (χ4n) is 2.82. The number of carbonyl (C=O) groups is 1. The molecule has 0 unspecified atom stereocenters. The topological polar surface area (TPSA) is 63.3 Å². The van der Waals surface area contributed by atoms with Gasteiger partial charge in [0.25, 0.3) is 0 Å². The molecular weight excluding hydrogens is 166 g/mol. The molecule has 2 aliphatic carbocycles. The van der Waals surface area contributed by atoms with Gasteiger partial charge in [-0.15, -0.1) is 0 Å². The third-order valence-electron chi connectivity index (χ3n) is 3.88. The minimum atomic E-state index is -0.878. The van der Waals surface area contributed by atoms with Crippen LogP contribution in [0, 0.1) is 5.41 Å². The summed E-state index contributed by atoms with van der Waals surface area (Å²) >= 11 is 0. The van der Waals surface area contributed by atoms with Crippen molar-refractivity contribution in [3.05, 3.63) is 0 Å². The molecule has 0 aromatic carbocycles. The Morgan fingerprint density at radius 2 is 1.69 bits per heavy atom. The van der Waals surface area contributed by atoms with Gasteiger partial charge in [-0.2, -0.15) is 0 Å². The standard InChI is InChI=1S/C10H17NO2/c11-10(8(12)13)7-9(10)5-3-1-2-4-6-9/h1-7,11H2,(H,12,13)/t10-/m0/s1. The number of rotatable bonds is 1. The molecule has 0 bridgehead atoms. The van der Waals surface area contributed by atoms with Crippen LogP contribution in [-0.4, -0.2) is 16.6 Å². The smallest absolute Gasteiger partial charge is 0.324 e. The average Bonchev–Trinajstić information content (AvgIpc) is 2.74. The van der Waals surface area contributed by atoms with Crippen molar-refractivity contribution in [3.63, 3.8) is 0 Å². The predicted octanol–water partition coefficient (Wildman–Crippen LogP) is 1.51. The van der Waals surface area contributed by atoms with Crippen molar-refractivity contribution >= 4 is 5.97 Å². The largest absolute Gasteiger partial charge is 0.480 e. The van der Waals surface area contributed by atoms with Gasteiger partial charge in [-0.05, 0) is 19.3 Å². The molecule has 0 amide bonds. The Morgan fingerprint density at radius 3 is 2.08 bits per heavy atom. The maximum atomic E-state index is 10.9. The maximum absolute atomic E-state index is 10.9. The Kier molecular flexibility index (Phi) is 1.88. The van der Waals surface area contributed by atoms with Gasteiger partial charge in [0.1, 0.15) is 5.54 Å². The molecule has 2 rings (SSSR count). The normalized spacial score (nSPS) is 37.0. The quantitative estimate of drug-likeness (QED) is 0.647. The van der Waals surface area contributed by atoms with Crippen LogP contribution in [0.3, 0.4) is 0 Å². The van der Waals surface area contributed by atoms with Crippen molar-refractivity contribution in [2.24, 2.45) is 11.1 Å². The fourth-order valence-corrected chi connectivity index (χ4v) is 2.82. The lowest BCUT2D eigenvalue weighted by Gasteiger charge is -2.17. The van der Waals surface area contributed by atoms with E-state index in [-0.39, 0.29) is 5.41 Å². The van der Waals surface area contributed by atoms with Crippen LogP contribution in [0.1, 0.15) is 44.9 Å². The van der Waals surface area contributed by atoms with Crippen LogP contribution >= 0.6 is 0 Å². The van der Waals surface area contributed by atoms with Gasteiger partial charge in [-0.3, -0.25) is 4.79 Å². The van der Waals surface area contributed by atoms with Gasteiger partial charge in [0.05, 0.1) is 0 Å². The first-order valence-corrected chi connectivity index (χ1v) is 5.13. The van der Waals surface area contributed by atoms with Crippen LogP contribution in [0.5, 0.6) is 0 Å². The van der Waals surface area contributed by atoms with Gasteiger partial charge in [0.2, 0.25) is 0 Å². The van der Waals surface area contributed by atoms with Crippen molar-refractivity contribution in [1.82, 2.24) is 0 Å². The summed E-state index contributed by atoms with van der Waals surface area (Å²) in [5.74, 6) is -0.797. The van der Waals surface area contributed by atoms with E-state index >= 15 is 0 Å². The van der Waals surface area contributed by atoms with Crippen molar-refractivity contribution in [2.75, 3.05) is 0 Å². The van der Waals surface area contributed by atoms with Crippen molar-refractivity contribution in [1.29, 1.82) is 0 Å². The summed E-state index contributed by atoms with van der Waals surface area (Å²) in [4.78, 5) is 10.9. The SMILES string of the molecule is N[C@]1(C(=O)O)CC12CCCCCC2. The third kappa shape index (κ3) is 1.17. The van der Waals surface area contributed by atoms with Gasteiger partial charge >= 0.3 is 5.97 Å². The number of hydrogen-bond acceptors (Lipinski definition) is 2. The molecule has 0 aromatic rings. The fraction of sp³-hybridized carbons (Fsp3) is 0.900. The number of carboxylic acid groups (broad SMARTS) is 1. The number of carboxylic acids is 1. The highest BCUT2D eigenvalue weighted by molar-refractivity contribution is 5.84. The van der Waals surface area contributed by atoms with E-state index in [9.17, 15) is 4.79 Å². The van der Waals surface area contributed by atoms with Gasteiger partial charge < -0.3 is 10.8 Å². The Hall–Kier alpha value is -0.570. The van der Waals surface area contributed by atoms with Gasteiger partial charge in [0.15, 0.2) is 0 Å². The molecule has 2 aliphatic rings. The van der Waals surface area contributed by atoms with E-state index in [4.69, 9.17) is 10.8 Å². The van der Waals surface area contributed by atoms with E-state index in [1.54, 1.807) is 0 Å². The molecule has 3 nitrogen and oxygen atoms in total. The molecule has 13 heavy (non-hydrogen) atoms. The van der Waals surface area contributed by atoms with Gasteiger partial charge in [-0.1, -0.05) is 25.7 Å². The molecule has 3 heteroatoms. The summed E-state index contributed by atoms with van der Waals surface area (Å²) in [6.07, 6.45) is 7.56. The first kappa shape index (κ1) is 9.00. The first-order valence-electron chi connectivity index (χ1n) is 5.13. The van der Waals surface area contributed by atoms with Gasteiger partial charge in [-0.25, -0.2) is 0 Å². The third-order valence-corrected chi connectivity index (χ3v) is 3.88. The second-order valence-corrected chi connectivity index (χ2v) is 4.65. The summed E-state index contributed by atoms with van der Waals surface area (Å²) in [6, 6.07) is 0. The molecular formula is C10H17NO2. The van der Waals surface area contributed by atoms with Crippen LogP contribution < -0.4 is 5.73 Å². The molecule has 0 aromatic heterocycles. The van der Waals surface area contributed by atoms with E-state index in [2.05, 4.69) is 0 Å². The highest BCUT2D eigenvalue weighted by atomic mass is 16.4. The zero-order valence-electron chi connectivity index (χ0n) is 7.88. The molecule has 2 fully saturated rings. The maximum Gasteiger partial charge on any atom is 0.324 e. The van der Waals surface area contributed by atoms with Crippen LogP contribution in [-0.2, 0) is 4.79 Å². The van der Waals surface area contributed by atoms with Crippen molar-refractivity contribution in [2.45, 2.75) is 50.5 Å². The highest BCUT2D eigenvalue weighted by Gasteiger charge is 2.69. The van der Waals surface area contributed by atoms with Crippen LogP contribution in [0.4, 0.5) is 0 Å². The van der Waals surface area contributed by atoms with E-state index in [0.717, 1.165) is 25.7 Å². The Labute approximate surface area is 78.3 Å². The van der Waals surface area contributed by atoms with E-state index in [1.165, 1.54) is 12.8 Å². The minimum Gasteiger partial charge on any atom is -0.480 e. The Bertz CT molecular complexity index is 231. The molecule has 1 atom stereocenters. The second kappa shape index (κ2) is 2.71. The molecule has 74 valence electrons. The first-order chi connectivity index (χ1) is 6.11. The molecule has 0 radical (unpaired) electrons. The number of aliphatic carboxylic acids is 1. The lowest BCUT2D eigenvalue weighted by atomic mass is 9.91. The summed E-state index contributed by atoms with van der Waals surface area (Å²) in [5, 5.41) is 9.00. The molecule has 0 saturated heterocycles. The zero-order chi connectivity index (χ0) is 9.53. The Balaban J connectivity index is 2.11. The van der Waals surface area contributed by atoms with Crippen LogP contribution in [0.15, 0.2) is 0 Å². The zero-order valence-corrected chi connectivity index (χ0v) is 7.88. The monoisotopic (exact) mass is 183 g/mol. The number of hydrogen-bond donors (Lipinski definition) is 2. The van der Waals surface area contributed by atoms with Crippen LogP contribution in [0.2, 0.25) is 0 Å². The lowest BCUT2D eigenvalue weighted by molar-refractivity contribution is -0.140. The predicted molar refractivity (Wildman–Crippen MR) is 49.3 cm³/mol. The summed E-state index contributed by atoms with van der Waals surface area (Å²) in [5.41, 5.74) is 4.96. The van der Waals surface area contributed by atoms with E-state index < -0.39 is 11.5 Å². The summed E-state index contributed by atoms with van der Waals surface area (Å²) in [6.45, 7) is 0. The minimum absolute atomic E-state index is 0.0324. The molecule has 0 aliphatic heterocycles. The van der Waals surface area contributed by atoms with Crippen molar-refractivity contribution in [3.8, 4) is 0 Å². The van der Waals surface area contributed by atoms with E-state index in [1.807, 2.05) is 0 Å². The number of nitrogens with two attached hydrogens (primary N) is 1. The molecule has 3 N–H and O–H groups in total. The summed E-state index contributed by atoms with van der Waals surface area (Å²) < 4.78 is 0. The average molecular weight is 183 g/mol. The highest BCUT2D eigenvalue weighted by Crippen LogP contribution is 2.62. The second-order valence-electron chi connectivity index (χ2n) is 4.65. The van der Waals surface area contributed by atoms with Gasteiger partial charge in [0, 0.05) is 5.41 Å². The molecule has 2 saturated carbocycles. The Morgan fingerprint density at radius 1 is 1.15 bits per heavy atom. The molecule has 0 heterocycles.